The smallest absolute Gasteiger partial charge is 0.135 e. The number of aromatic nitrogens is 1. The van der Waals surface area contributed by atoms with Crippen LogP contribution in [0.4, 0.5) is 0 Å². The van der Waals surface area contributed by atoms with Crippen LogP contribution in [0.15, 0.2) is 22.9 Å². The second kappa shape index (κ2) is 6.16. The molecule has 3 aromatic rings. The highest BCUT2D eigenvalue weighted by molar-refractivity contribution is 7.39. The lowest BCUT2D eigenvalue weighted by molar-refractivity contribution is 0.668. The van der Waals surface area contributed by atoms with Crippen LogP contribution in [0.3, 0.4) is 0 Å². The minimum Gasteiger partial charge on any atom is -0.234 e. The molecule has 4 heteroatoms. The number of thiophene rings is 2. The van der Waals surface area contributed by atoms with Crippen molar-refractivity contribution in [3.63, 3.8) is 0 Å². The number of fused-ring (bicyclic) bond motifs is 1. The van der Waals surface area contributed by atoms with Crippen molar-refractivity contribution in [3.8, 4) is 9.88 Å². The second-order valence-corrected chi connectivity index (χ2v) is 7.79. The molecule has 0 spiro atoms. The molecule has 19 heavy (non-hydrogen) atoms. The van der Waals surface area contributed by atoms with Crippen molar-refractivity contribution in [3.05, 3.63) is 28.5 Å². The Morgan fingerprint density at radius 3 is 2.79 bits per heavy atom. The highest BCUT2D eigenvalue weighted by atomic mass is 32.2. The summed E-state index contributed by atoms with van der Waals surface area (Å²) in [5.41, 5.74) is 2.65. The highest BCUT2D eigenvalue weighted by Crippen LogP contribution is 2.38. The van der Waals surface area contributed by atoms with Crippen LogP contribution in [0.2, 0.25) is 0 Å². The summed E-state index contributed by atoms with van der Waals surface area (Å²) in [4.78, 5) is 6.15. The standard InChI is InChI=1S/C15H17NS3/c1-2-3-4-5-6-11-7-9-17-13(11)14-16-12-8-10-18-15(12)19-14/h7-10H,2-6H2,1H3. The molecule has 0 saturated carbocycles. The fourth-order valence-corrected chi connectivity index (χ4v) is 5.25. The number of nitrogens with zero attached hydrogens (tertiary/aromatic N) is 1. The van der Waals surface area contributed by atoms with Gasteiger partial charge in [0.25, 0.3) is 0 Å². The lowest BCUT2D eigenvalue weighted by Crippen LogP contribution is -1.85. The van der Waals surface area contributed by atoms with Crippen molar-refractivity contribution >= 4 is 43.5 Å². The SMILES string of the molecule is CCCCCCc1ccsc1-c1nc2ccsc2s1. The first-order valence-corrected chi connectivity index (χ1v) is 9.37. The van der Waals surface area contributed by atoms with E-state index >= 15 is 0 Å². The normalized spacial score (nSPS) is 11.4. The van der Waals surface area contributed by atoms with Gasteiger partial charge in [-0.25, -0.2) is 4.98 Å². The van der Waals surface area contributed by atoms with Gasteiger partial charge in [-0.1, -0.05) is 26.2 Å². The Morgan fingerprint density at radius 1 is 1.05 bits per heavy atom. The third-order valence-electron chi connectivity index (χ3n) is 3.26. The average molecular weight is 308 g/mol. The third kappa shape index (κ3) is 2.91. The molecule has 0 aliphatic heterocycles. The summed E-state index contributed by atoms with van der Waals surface area (Å²) < 4.78 is 1.35. The van der Waals surface area contributed by atoms with Crippen LogP contribution in [0.5, 0.6) is 0 Å². The van der Waals surface area contributed by atoms with E-state index in [1.165, 1.54) is 51.6 Å². The minimum atomic E-state index is 1.16. The Balaban J connectivity index is 1.77. The molecule has 3 heterocycles. The lowest BCUT2D eigenvalue weighted by Gasteiger charge is -2.01. The van der Waals surface area contributed by atoms with Crippen LogP contribution < -0.4 is 0 Å². The quantitative estimate of drug-likeness (QED) is 0.493. The Bertz CT molecular complexity index is 618. The second-order valence-electron chi connectivity index (χ2n) is 4.70. The van der Waals surface area contributed by atoms with Crippen LogP contribution in [-0.2, 0) is 6.42 Å². The van der Waals surface area contributed by atoms with Gasteiger partial charge in [-0.3, -0.25) is 0 Å². The zero-order valence-corrected chi connectivity index (χ0v) is 13.5. The monoisotopic (exact) mass is 307 g/mol. The van der Waals surface area contributed by atoms with E-state index in [1.807, 2.05) is 22.7 Å². The molecule has 0 aliphatic rings. The molecule has 0 aromatic carbocycles. The fraction of sp³-hybridized carbons (Fsp3) is 0.400. The summed E-state index contributed by atoms with van der Waals surface area (Å²) in [7, 11) is 0. The molecular formula is C15H17NS3. The van der Waals surface area contributed by atoms with Gasteiger partial charge in [0.2, 0.25) is 0 Å². The van der Waals surface area contributed by atoms with Crippen molar-refractivity contribution in [1.82, 2.24) is 4.98 Å². The molecule has 1 nitrogen and oxygen atoms in total. The van der Waals surface area contributed by atoms with Crippen molar-refractivity contribution in [1.29, 1.82) is 0 Å². The number of unbranched alkanes of at least 4 members (excludes halogenated alkanes) is 3. The molecule has 0 amide bonds. The molecular weight excluding hydrogens is 290 g/mol. The molecule has 0 aliphatic carbocycles. The molecule has 0 fully saturated rings. The van der Waals surface area contributed by atoms with Gasteiger partial charge < -0.3 is 0 Å². The van der Waals surface area contributed by atoms with Gasteiger partial charge in [0, 0.05) is 0 Å². The zero-order valence-electron chi connectivity index (χ0n) is 11.0. The first kappa shape index (κ1) is 13.3. The van der Waals surface area contributed by atoms with E-state index in [1.54, 1.807) is 11.3 Å². The molecule has 3 aromatic heterocycles. The van der Waals surface area contributed by atoms with Crippen LogP contribution in [-0.4, -0.2) is 4.98 Å². The largest absolute Gasteiger partial charge is 0.234 e. The molecule has 0 saturated heterocycles. The first-order valence-electron chi connectivity index (χ1n) is 6.79. The van der Waals surface area contributed by atoms with Crippen molar-refractivity contribution in [2.45, 2.75) is 39.0 Å². The number of aryl methyl sites for hydroxylation is 1. The van der Waals surface area contributed by atoms with Crippen molar-refractivity contribution in [2.75, 3.05) is 0 Å². The van der Waals surface area contributed by atoms with Crippen molar-refractivity contribution < 1.29 is 0 Å². The van der Waals surface area contributed by atoms with Gasteiger partial charge in [-0.05, 0) is 41.3 Å². The molecule has 100 valence electrons. The Hall–Kier alpha value is -0.710. The van der Waals surface area contributed by atoms with Gasteiger partial charge >= 0.3 is 0 Å². The van der Waals surface area contributed by atoms with Crippen LogP contribution in [0.1, 0.15) is 38.2 Å². The Morgan fingerprint density at radius 2 is 1.95 bits per heavy atom. The molecule has 0 radical (unpaired) electrons. The van der Waals surface area contributed by atoms with Gasteiger partial charge in [-0.15, -0.1) is 34.0 Å². The van der Waals surface area contributed by atoms with Crippen LogP contribution in [0.25, 0.3) is 19.4 Å². The maximum absolute atomic E-state index is 4.76. The summed E-state index contributed by atoms with van der Waals surface area (Å²) in [5.74, 6) is 0. The van der Waals surface area contributed by atoms with E-state index in [0.29, 0.717) is 0 Å². The van der Waals surface area contributed by atoms with E-state index in [2.05, 4.69) is 29.8 Å². The fourth-order valence-electron chi connectivity index (χ4n) is 2.23. The summed E-state index contributed by atoms with van der Waals surface area (Å²) in [6.45, 7) is 2.26. The Labute approximate surface area is 126 Å². The summed E-state index contributed by atoms with van der Waals surface area (Å²) >= 11 is 5.47. The predicted molar refractivity (Wildman–Crippen MR) is 88.7 cm³/mol. The molecule has 3 rings (SSSR count). The van der Waals surface area contributed by atoms with Gasteiger partial charge in [-0.2, -0.15) is 0 Å². The van der Waals surface area contributed by atoms with Crippen LogP contribution >= 0.6 is 34.0 Å². The molecule has 0 atom stereocenters. The Kier molecular flexibility index (Phi) is 4.31. The number of rotatable bonds is 6. The summed E-state index contributed by atoms with van der Waals surface area (Å²) in [5, 5.41) is 5.54. The molecule has 0 bridgehead atoms. The topological polar surface area (TPSA) is 12.9 Å². The van der Waals surface area contributed by atoms with E-state index < -0.39 is 0 Å². The average Bonchev–Trinajstić information content (AvgIpc) is 3.08. The number of thiazole rings is 1. The van der Waals surface area contributed by atoms with Crippen molar-refractivity contribution in [2.24, 2.45) is 0 Å². The third-order valence-corrected chi connectivity index (χ3v) is 6.47. The van der Waals surface area contributed by atoms with E-state index in [-0.39, 0.29) is 0 Å². The first-order chi connectivity index (χ1) is 9.38. The molecule has 0 unspecified atom stereocenters. The number of hydrogen-bond donors (Lipinski definition) is 0. The van der Waals surface area contributed by atoms with E-state index in [9.17, 15) is 0 Å². The maximum atomic E-state index is 4.76. The van der Waals surface area contributed by atoms with Crippen LogP contribution in [0, 0.1) is 0 Å². The molecule has 0 N–H and O–H groups in total. The minimum absolute atomic E-state index is 1.16. The van der Waals surface area contributed by atoms with Gasteiger partial charge in [0.1, 0.15) is 9.02 Å². The predicted octanol–water partition coefficient (Wildman–Crippen LogP) is 6.21. The highest BCUT2D eigenvalue weighted by Gasteiger charge is 2.12. The van der Waals surface area contributed by atoms with Gasteiger partial charge in [0.15, 0.2) is 0 Å². The lowest BCUT2D eigenvalue weighted by atomic mass is 10.1. The summed E-state index contributed by atoms with van der Waals surface area (Å²) in [6, 6.07) is 4.40. The van der Waals surface area contributed by atoms with E-state index in [0.717, 1.165) is 5.52 Å². The van der Waals surface area contributed by atoms with E-state index in [4.69, 9.17) is 4.98 Å². The maximum Gasteiger partial charge on any atom is 0.135 e. The van der Waals surface area contributed by atoms with Gasteiger partial charge in [0.05, 0.1) is 10.4 Å². The summed E-state index contributed by atoms with van der Waals surface area (Å²) in [6.07, 6.45) is 6.51. The zero-order chi connectivity index (χ0) is 13.1. The number of hydrogen-bond acceptors (Lipinski definition) is 4.